The van der Waals surface area contributed by atoms with Crippen molar-refractivity contribution in [2.24, 2.45) is 11.8 Å². The number of nitrogens with zero attached hydrogens (tertiary/aromatic N) is 1. The van der Waals surface area contributed by atoms with Crippen LogP contribution in [0.4, 0.5) is 4.79 Å². The summed E-state index contributed by atoms with van der Waals surface area (Å²) in [6.07, 6.45) is 1.71. The van der Waals surface area contributed by atoms with Gasteiger partial charge in [-0.3, -0.25) is 20.4 Å². The third-order valence-corrected chi connectivity index (χ3v) is 4.23. The van der Waals surface area contributed by atoms with Gasteiger partial charge in [0.05, 0.1) is 5.92 Å². The molecule has 0 aromatic carbocycles. The van der Waals surface area contributed by atoms with Crippen LogP contribution >= 0.6 is 0 Å². The van der Waals surface area contributed by atoms with Crippen molar-refractivity contribution in [3.8, 4) is 0 Å². The predicted octanol–water partition coefficient (Wildman–Crippen LogP) is 0.390. The van der Waals surface area contributed by atoms with Gasteiger partial charge in [0.15, 0.2) is 0 Å². The van der Waals surface area contributed by atoms with E-state index in [1.165, 1.54) is 4.90 Å². The molecule has 3 amide bonds. The van der Waals surface area contributed by atoms with Crippen LogP contribution < -0.4 is 16.2 Å². The van der Waals surface area contributed by atoms with Crippen LogP contribution in [-0.4, -0.2) is 54.6 Å². The highest BCUT2D eigenvalue weighted by Crippen LogP contribution is 2.19. The second-order valence-corrected chi connectivity index (χ2v) is 7.41. The third-order valence-electron chi connectivity index (χ3n) is 4.23. The first-order valence-electron chi connectivity index (χ1n) is 8.54. The quantitative estimate of drug-likeness (QED) is 0.632. The molecule has 0 aromatic rings. The zero-order chi connectivity index (χ0) is 17.7. The molecular weight excluding hydrogens is 312 g/mol. The number of hydrazine groups is 1. The minimum atomic E-state index is -0.555. The molecule has 3 N–H and O–H groups in total. The van der Waals surface area contributed by atoms with E-state index in [1.807, 2.05) is 20.8 Å². The van der Waals surface area contributed by atoms with Crippen LogP contribution in [0.3, 0.4) is 0 Å². The molecule has 24 heavy (non-hydrogen) atoms. The van der Waals surface area contributed by atoms with Crippen LogP contribution in [0.5, 0.6) is 0 Å². The normalized spacial score (nSPS) is 22.1. The Bertz CT molecular complexity index is 483. The molecule has 0 saturated carbocycles. The van der Waals surface area contributed by atoms with E-state index in [9.17, 15) is 14.4 Å². The second-order valence-electron chi connectivity index (χ2n) is 7.41. The van der Waals surface area contributed by atoms with Gasteiger partial charge in [0.25, 0.3) is 0 Å². The number of amides is 3. The number of hydrogen-bond acceptors (Lipinski definition) is 5. The molecular formula is C16H28N4O4. The average Bonchev–Trinajstić information content (AvgIpc) is 3.01. The van der Waals surface area contributed by atoms with Crippen molar-refractivity contribution in [2.45, 2.75) is 45.6 Å². The van der Waals surface area contributed by atoms with Crippen molar-refractivity contribution < 1.29 is 19.1 Å². The molecule has 2 saturated heterocycles. The zero-order valence-electron chi connectivity index (χ0n) is 14.7. The molecule has 0 spiro atoms. The first kappa shape index (κ1) is 18.5. The van der Waals surface area contributed by atoms with E-state index in [0.717, 1.165) is 25.9 Å². The van der Waals surface area contributed by atoms with Crippen LogP contribution in [0.15, 0.2) is 0 Å². The number of carbonyl (C=O) groups excluding carboxylic acids is 3. The molecule has 2 aliphatic rings. The Labute approximate surface area is 142 Å². The molecule has 2 heterocycles. The monoisotopic (exact) mass is 340 g/mol. The Hall–Kier alpha value is -1.83. The lowest BCUT2D eigenvalue weighted by Gasteiger charge is -2.24. The SMILES string of the molecule is CC(C)(C)OC(=O)N1CC[C@H](C(=O)NNC(=O)C2CCNCC2)C1. The van der Waals surface area contributed by atoms with Crippen LogP contribution in [0, 0.1) is 11.8 Å². The smallest absolute Gasteiger partial charge is 0.410 e. The number of nitrogens with one attached hydrogen (secondary N) is 3. The number of ether oxygens (including phenoxy) is 1. The maximum absolute atomic E-state index is 12.2. The van der Waals surface area contributed by atoms with Gasteiger partial charge in [-0.2, -0.15) is 0 Å². The fourth-order valence-electron chi connectivity index (χ4n) is 2.88. The first-order valence-corrected chi connectivity index (χ1v) is 8.54. The lowest BCUT2D eigenvalue weighted by molar-refractivity contribution is -0.133. The topological polar surface area (TPSA) is 99.8 Å². The molecule has 8 heteroatoms. The molecule has 2 rings (SSSR count). The van der Waals surface area contributed by atoms with Crippen molar-refractivity contribution in [1.29, 1.82) is 0 Å². The lowest BCUT2D eigenvalue weighted by Crippen LogP contribution is -2.49. The van der Waals surface area contributed by atoms with E-state index < -0.39 is 11.7 Å². The average molecular weight is 340 g/mol. The van der Waals surface area contributed by atoms with Crippen molar-refractivity contribution in [2.75, 3.05) is 26.2 Å². The van der Waals surface area contributed by atoms with Gasteiger partial charge in [-0.15, -0.1) is 0 Å². The van der Waals surface area contributed by atoms with Crippen LogP contribution in [0.2, 0.25) is 0 Å². The summed E-state index contributed by atoms with van der Waals surface area (Å²) < 4.78 is 5.31. The fraction of sp³-hybridized carbons (Fsp3) is 0.812. The van der Waals surface area contributed by atoms with Crippen LogP contribution in [-0.2, 0) is 14.3 Å². The van der Waals surface area contributed by atoms with Crippen LogP contribution in [0.1, 0.15) is 40.0 Å². The first-order chi connectivity index (χ1) is 11.3. The summed E-state index contributed by atoms with van der Waals surface area (Å²) in [6.45, 7) is 7.85. The minimum Gasteiger partial charge on any atom is -0.444 e. The number of carbonyl (C=O) groups is 3. The van der Waals surface area contributed by atoms with E-state index in [4.69, 9.17) is 4.74 Å². The maximum atomic E-state index is 12.2. The van der Waals surface area contributed by atoms with Crippen molar-refractivity contribution in [3.05, 3.63) is 0 Å². The van der Waals surface area contributed by atoms with Crippen molar-refractivity contribution in [1.82, 2.24) is 21.1 Å². The van der Waals surface area contributed by atoms with E-state index in [0.29, 0.717) is 19.5 Å². The van der Waals surface area contributed by atoms with Gasteiger partial charge in [-0.1, -0.05) is 0 Å². The zero-order valence-corrected chi connectivity index (χ0v) is 14.7. The van der Waals surface area contributed by atoms with Crippen molar-refractivity contribution >= 4 is 17.9 Å². The molecule has 1 atom stereocenters. The fourth-order valence-corrected chi connectivity index (χ4v) is 2.88. The van der Waals surface area contributed by atoms with Crippen LogP contribution in [0.25, 0.3) is 0 Å². The molecule has 2 fully saturated rings. The summed E-state index contributed by atoms with van der Waals surface area (Å²) in [6, 6.07) is 0. The third kappa shape index (κ3) is 5.36. The summed E-state index contributed by atoms with van der Waals surface area (Å²) in [5.74, 6) is -0.797. The Balaban J connectivity index is 1.73. The molecule has 0 radical (unpaired) electrons. The van der Waals surface area contributed by atoms with E-state index >= 15 is 0 Å². The summed E-state index contributed by atoms with van der Waals surface area (Å²) >= 11 is 0. The lowest BCUT2D eigenvalue weighted by atomic mass is 9.98. The van der Waals surface area contributed by atoms with E-state index in [1.54, 1.807) is 0 Å². The number of likely N-dealkylation sites (tertiary alicyclic amines) is 1. The van der Waals surface area contributed by atoms with Gasteiger partial charge in [-0.05, 0) is 53.1 Å². The maximum Gasteiger partial charge on any atom is 0.410 e. The van der Waals surface area contributed by atoms with Gasteiger partial charge in [-0.25, -0.2) is 4.79 Å². The standard InChI is InChI=1S/C16H28N4O4/c1-16(2,3)24-15(23)20-9-6-12(10-20)14(22)19-18-13(21)11-4-7-17-8-5-11/h11-12,17H,4-10H2,1-3H3,(H,18,21)(H,19,22)/t12-/m0/s1. The van der Waals surface area contributed by atoms with Gasteiger partial charge in [0.2, 0.25) is 11.8 Å². The molecule has 0 aliphatic carbocycles. The number of hydrogen-bond donors (Lipinski definition) is 3. The Kier molecular flexibility index (Phi) is 6.04. The molecule has 0 unspecified atom stereocenters. The highest BCUT2D eigenvalue weighted by Gasteiger charge is 2.33. The Morgan fingerprint density at radius 1 is 1.00 bits per heavy atom. The highest BCUT2D eigenvalue weighted by atomic mass is 16.6. The largest absolute Gasteiger partial charge is 0.444 e. The summed E-state index contributed by atoms with van der Waals surface area (Å²) in [5.41, 5.74) is 4.45. The van der Waals surface area contributed by atoms with Gasteiger partial charge < -0.3 is 15.0 Å². The van der Waals surface area contributed by atoms with Crippen molar-refractivity contribution in [3.63, 3.8) is 0 Å². The molecule has 0 bridgehead atoms. The van der Waals surface area contributed by atoms with E-state index in [-0.39, 0.29) is 23.7 Å². The second kappa shape index (κ2) is 7.83. The van der Waals surface area contributed by atoms with Gasteiger partial charge >= 0.3 is 6.09 Å². The Morgan fingerprint density at radius 2 is 1.58 bits per heavy atom. The molecule has 0 aromatic heterocycles. The molecule has 136 valence electrons. The molecule has 8 nitrogen and oxygen atoms in total. The minimum absolute atomic E-state index is 0.0617. The molecule has 2 aliphatic heterocycles. The van der Waals surface area contributed by atoms with E-state index in [2.05, 4.69) is 16.2 Å². The number of piperidine rings is 1. The Morgan fingerprint density at radius 3 is 2.17 bits per heavy atom. The predicted molar refractivity (Wildman–Crippen MR) is 87.8 cm³/mol. The summed E-state index contributed by atoms with van der Waals surface area (Å²) in [5, 5.41) is 3.19. The highest BCUT2D eigenvalue weighted by molar-refractivity contribution is 5.85. The number of rotatable bonds is 2. The van der Waals surface area contributed by atoms with Gasteiger partial charge in [0.1, 0.15) is 5.60 Å². The summed E-state index contributed by atoms with van der Waals surface area (Å²) in [4.78, 5) is 37.7. The van der Waals surface area contributed by atoms with Gasteiger partial charge in [0, 0.05) is 19.0 Å². The summed E-state index contributed by atoms with van der Waals surface area (Å²) in [7, 11) is 0.